The van der Waals surface area contributed by atoms with Gasteiger partial charge in [-0.3, -0.25) is 9.69 Å². The van der Waals surface area contributed by atoms with Gasteiger partial charge >= 0.3 is 0 Å². The van der Waals surface area contributed by atoms with Crippen LogP contribution in [0.3, 0.4) is 0 Å². The van der Waals surface area contributed by atoms with E-state index < -0.39 is 0 Å². The number of amides is 1. The predicted molar refractivity (Wildman–Crippen MR) is 111 cm³/mol. The van der Waals surface area contributed by atoms with Crippen LogP contribution in [-0.4, -0.2) is 35.5 Å². The minimum Gasteiger partial charge on any atom is -0.508 e. The zero-order valence-electron chi connectivity index (χ0n) is 15.1. The van der Waals surface area contributed by atoms with Crippen LogP contribution < -0.4 is 5.32 Å². The monoisotopic (exact) mass is 406 g/mol. The lowest BCUT2D eigenvalue weighted by Crippen LogP contribution is -2.39. The molecular formula is C21H24Cl2N2O2. The molecule has 1 aliphatic rings. The molecule has 0 unspecified atom stereocenters. The Morgan fingerprint density at radius 3 is 2.33 bits per heavy atom. The molecular weight excluding hydrogens is 383 g/mol. The van der Waals surface area contributed by atoms with E-state index in [1.807, 2.05) is 12.1 Å². The third-order valence-corrected chi connectivity index (χ3v) is 5.71. The van der Waals surface area contributed by atoms with Crippen molar-refractivity contribution in [2.24, 2.45) is 5.92 Å². The minimum atomic E-state index is -0.0902. The third kappa shape index (κ3) is 5.86. The number of carbonyl (C=O) groups is 1. The summed E-state index contributed by atoms with van der Waals surface area (Å²) in [4.78, 5) is 14.5. The lowest BCUT2D eigenvalue weighted by molar-refractivity contribution is -0.117. The number of para-hydroxylation sites is 1. The summed E-state index contributed by atoms with van der Waals surface area (Å²) in [6.45, 7) is 2.19. The van der Waals surface area contributed by atoms with Crippen LogP contribution in [-0.2, 0) is 11.2 Å². The molecule has 1 aliphatic heterocycles. The van der Waals surface area contributed by atoms with Gasteiger partial charge in [0.15, 0.2) is 0 Å². The summed E-state index contributed by atoms with van der Waals surface area (Å²) in [7, 11) is 0. The molecule has 3 rings (SSSR count). The number of benzene rings is 2. The molecule has 1 saturated heterocycles. The van der Waals surface area contributed by atoms with Crippen molar-refractivity contribution >= 4 is 34.8 Å². The van der Waals surface area contributed by atoms with E-state index in [1.54, 1.807) is 30.3 Å². The van der Waals surface area contributed by atoms with Crippen molar-refractivity contribution in [2.75, 3.05) is 25.0 Å². The van der Waals surface area contributed by atoms with Crippen molar-refractivity contribution in [1.82, 2.24) is 4.90 Å². The molecule has 0 aliphatic carbocycles. The second kappa shape index (κ2) is 9.45. The molecule has 1 heterocycles. The Labute approximate surface area is 170 Å². The number of phenolic OH excluding ortho intramolecular Hbond substituents is 1. The number of likely N-dealkylation sites (tertiary alicyclic amines) is 1. The van der Waals surface area contributed by atoms with Crippen LogP contribution in [0.2, 0.25) is 10.0 Å². The molecule has 1 fully saturated rings. The van der Waals surface area contributed by atoms with E-state index in [-0.39, 0.29) is 5.91 Å². The Morgan fingerprint density at radius 2 is 1.70 bits per heavy atom. The zero-order valence-corrected chi connectivity index (χ0v) is 16.6. The van der Waals surface area contributed by atoms with Gasteiger partial charge < -0.3 is 10.4 Å². The average molecular weight is 407 g/mol. The van der Waals surface area contributed by atoms with Crippen LogP contribution in [0.15, 0.2) is 42.5 Å². The number of nitrogens with zero attached hydrogens (tertiary/aromatic N) is 1. The maximum absolute atomic E-state index is 12.3. The number of anilines is 1. The third-order valence-electron chi connectivity index (χ3n) is 5.08. The number of nitrogens with one attached hydrogen (secondary N) is 1. The number of hydrogen-bond donors (Lipinski definition) is 2. The van der Waals surface area contributed by atoms with Crippen LogP contribution in [0.1, 0.15) is 24.8 Å². The number of piperidine rings is 1. The van der Waals surface area contributed by atoms with Crippen LogP contribution >= 0.6 is 23.2 Å². The maximum atomic E-state index is 12.3. The van der Waals surface area contributed by atoms with E-state index in [1.165, 1.54) is 5.56 Å². The molecule has 6 heteroatoms. The van der Waals surface area contributed by atoms with Gasteiger partial charge in [-0.15, -0.1) is 0 Å². The number of halogens is 2. The molecule has 2 aromatic rings. The Morgan fingerprint density at radius 1 is 1.07 bits per heavy atom. The van der Waals surface area contributed by atoms with Crippen molar-refractivity contribution in [3.05, 3.63) is 58.1 Å². The van der Waals surface area contributed by atoms with Gasteiger partial charge in [0.25, 0.3) is 0 Å². The highest BCUT2D eigenvalue weighted by atomic mass is 35.5. The van der Waals surface area contributed by atoms with Gasteiger partial charge in [0.2, 0.25) is 5.91 Å². The van der Waals surface area contributed by atoms with Crippen molar-refractivity contribution in [3.8, 4) is 5.75 Å². The number of hydrogen-bond acceptors (Lipinski definition) is 3. The first-order valence-electron chi connectivity index (χ1n) is 9.25. The summed E-state index contributed by atoms with van der Waals surface area (Å²) in [6, 6.07) is 12.6. The van der Waals surface area contributed by atoms with Crippen LogP contribution in [0.25, 0.3) is 0 Å². The molecule has 0 saturated carbocycles. The van der Waals surface area contributed by atoms with Gasteiger partial charge in [0.1, 0.15) is 5.75 Å². The van der Waals surface area contributed by atoms with Gasteiger partial charge in [-0.1, -0.05) is 41.4 Å². The fourth-order valence-corrected chi connectivity index (χ4v) is 3.96. The van der Waals surface area contributed by atoms with Gasteiger partial charge in [0, 0.05) is 0 Å². The minimum absolute atomic E-state index is 0.0902. The molecule has 4 nitrogen and oxygen atoms in total. The number of aryl methyl sites for hydroxylation is 1. The molecule has 2 N–H and O–H groups in total. The Bertz CT molecular complexity index is 752. The quantitative estimate of drug-likeness (QED) is 0.710. The van der Waals surface area contributed by atoms with Crippen LogP contribution in [0.5, 0.6) is 5.75 Å². The van der Waals surface area contributed by atoms with E-state index in [0.29, 0.717) is 33.9 Å². The summed E-state index contributed by atoms with van der Waals surface area (Å²) < 4.78 is 0. The molecule has 0 radical (unpaired) electrons. The van der Waals surface area contributed by atoms with Crippen LogP contribution in [0, 0.1) is 5.92 Å². The van der Waals surface area contributed by atoms with Crippen molar-refractivity contribution in [3.63, 3.8) is 0 Å². The molecule has 27 heavy (non-hydrogen) atoms. The molecule has 0 bridgehead atoms. The molecule has 0 aromatic heterocycles. The van der Waals surface area contributed by atoms with E-state index in [0.717, 1.165) is 38.8 Å². The summed E-state index contributed by atoms with van der Waals surface area (Å²) in [6.07, 6.45) is 4.35. The van der Waals surface area contributed by atoms with Gasteiger partial charge in [-0.05, 0) is 74.5 Å². The molecule has 0 atom stereocenters. The molecule has 2 aromatic carbocycles. The second-order valence-corrected chi connectivity index (χ2v) is 7.88. The highest BCUT2D eigenvalue weighted by molar-refractivity contribution is 6.39. The van der Waals surface area contributed by atoms with E-state index in [2.05, 4.69) is 10.2 Å². The van der Waals surface area contributed by atoms with E-state index >= 15 is 0 Å². The number of rotatable bonds is 6. The number of aromatic hydroxyl groups is 1. The molecule has 1 amide bonds. The van der Waals surface area contributed by atoms with Crippen molar-refractivity contribution < 1.29 is 9.90 Å². The summed E-state index contributed by atoms with van der Waals surface area (Å²) >= 11 is 12.2. The highest BCUT2D eigenvalue weighted by Crippen LogP contribution is 2.30. The van der Waals surface area contributed by atoms with Gasteiger partial charge in [0.05, 0.1) is 22.3 Å². The van der Waals surface area contributed by atoms with Crippen LogP contribution in [0.4, 0.5) is 5.69 Å². The molecule has 0 spiro atoms. The smallest absolute Gasteiger partial charge is 0.238 e. The lowest BCUT2D eigenvalue weighted by atomic mass is 9.90. The van der Waals surface area contributed by atoms with Crippen molar-refractivity contribution in [2.45, 2.75) is 25.7 Å². The normalized spacial score (nSPS) is 15.6. The standard InChI is InChI=1S/C21H24Cl2N2O2/c22-18-2-1-3-19(23)21(18)24-20(27)14-25-12-10-16(11-13-25)5-4-15-6-8-17(26)9-7-15/h1-3,6-9,16,26H,4-5,10-14H2,(H,24,27). The van der Waals surface area contributed by atoms with Crippen molar-refractivity contribution in [1.29, 1.82) is 0 Å². The highest BCUT2D eigenvalue weighted by Gasteiger charge is 2.21. The fourth-order valence-electron chi connectivity index (χ4n) is 3.47. The molecule has 144 valence electrons. The predicted octanol–water partition coefficient (Wildman–Crippen LogP) is 4.98. The maximum Gasteiger partial charge on any atom is 0.238 e. The number of carbonyl (C=O) groups excluding carboxylic acids is 1. The first kappa shape index (κ1) is 20.0. The zero-order chi connectivity index (χ0) is 19.2. The van der Waals surface area contributed by atoms with Gasteiger partial charge in [-0.25, -0.2) is 0 Å². The Hall–Kier alpha value is -1.75. The SMILES string of the molecule is O=C(CN1CCC(CCc2ccc(O)cc2)CC1)Nc1c(Cl)cccc1Cl. The first-order valence-corrected chi connectivity index (χ1v) is 10.0. The largest absolute Gasteiger partial charge is 0.508 e. The summed E-state index contributed by atoms with van der Waals surface area (Å²) in [5.74, 6) is 0.895. The van der Waals surface area contributed by atoms with Gasteiger partial charge in [-0.2, -0.15) is 0 Å². The summed E-state index contributed by atoms with van der Waals surface area (Å²) in [5, 5.41) is 13.1. The second-order valence-electron chi connectivity index (χ2n) is 7.07. The van der Waals surface area contributed by atoms with E-state index in [9.17, 15) is 9.90 Å². The summed E-state index contributed by atoms with van der Waals surface area (Å²) in [5.41, 5.74) is 1.74. The first-order chi connectivity index (χ1) is 13.0. The Kier molecular flexibility index (Phi) is 7.00. The topological polar surface area (TPSA) is 52.6 Å². The number of phenols is 1. The fraction of sp³-hybridized carbons (Fsp3) is 0.381. The Balaban J connectivity index is 1.41. The average Bonchev–Trinajstić information content (AvgIpc) is 2.66. The lowest BCUT2D eigenvalue weighted by Gasteiger charge is -2.31. The van der Waals surface area contributed by atoms with E-state index in [4.69, 9.17) is 23.2 Å².